The molecule has 0 aliphatic carbocycles. The maximum Gasteiger partial charge on any atom is 0.282 e. The molecule has 1 saturated heterocycles. The molecule has 3 rings (SSSR count). The SMILES string of the molecule is Cc1cccc(NC(=O)C[NH+]2CC[NH+]([C@H](C)C(=O)Nc3ccc(Cl)cc3)CC2)c1C. The number of aryl methyl sites for hydroxylation is 1. The first-order chi connectivity index (χ1) is 14.3. The fourth-order valence-corrected chi connectivity index (χ4v) is 3.94. The molecular weight excluding hydrogens is 400 g/mol. The lowest BCUT2D eigenvalue weighted by Gasteiger charge is -2.32. The van der Waals surface area contributed by atoms with E-state index in [9.17, 15) is 9.59 Å². The van der Waals surface area contributed by atoms with E-state index in [0.29, 0.717) is 11.6 Å². The summed E-state index contributed by atoms with van der Waals surface area (Å²) in [5, 5.41) is 6.64. The molecule has 30 heavy (non-hydrogen) atoms. The van der Waals surface area contributed by atoms with Crippen LogP contribution in [0.5, 0.6) is 0 Å². The number of carbonyl (C=O) groups is 2. The van der Waals surface area contributed by atoms with Crippen LogP contribution in [-0.2, 0) is 9.59 Å². The van der Waals surface area contributed by atoms with E-state index >= 15 is 0 Å². The van der Waals surface area contributed by atoms with Gasteiger partial charge in [-0.15, -0.1) is 0 Å². The molecule has 2 aromatic carbocycles. The predicted molar refractivity (Wildman–Crippen MR) is 120 cm³/mol. The van der Waals surface area contributed by atoms with Gasteiger partial charge in [-0.2, -0.15) is 0 Å². The second kappa shape index (κ2) is 10.1. The number of piperazine rings is 1. The largest absolute Gasteiger partial charge is 0.321 e. The minimum atomic E-state index is -0.147. The molecule has 2 aromatic rings. The molecule has 1 fully saturated rings. The van der Waals surface area contributed by atoms with E-state index in [1.807, 2.05) is 39.0 Å². The van der Waals surface area contributed by atoms with Crippen LogP contribution in [0.15, 0.2) is 42.5 Å². The van der Waals surface area contributed by atoms with Gasteiger partial charge in [-0.05, 0) is 62.2 Å². The molecular formula is C23H31ClN4O2+2. The Labute approximate surface area is 183 Å². The molecule has 0 spiro atoms. The van der Waals surface area contributed by atoms with Gasteiger partial charge in [0.1, 0.15) is 26.2 Å². The quantitative estimate of drug-likeness (QED) is 0.545. The Kier molecular flexibility index (Phi) is 7.48. The number of nitrogens with one attached hydrogen (secondary N) is 4. The standard InChI is InChI=1S/C23H29ClN4O2/c1-16-5-4-6-21(17(16)2)26-22(29)15-27-11-13-28(14-12-27)18(3)23(30)25-20-9-7-19(24)8-10-20/h4-10,18H,11-15H2,1-3H3,(H,25,30)(H,26,29)/p+2/t18-/m1/s1. The Bertz CT molecular complexity index is 893. The van der Waals surface area contributed by atoms with Gasteiger partial charge >= 0.3 is 0 Å². The van der Waals surface area contributed by atoms with Crippen molar-refractivity contribution in [1.82, 2.24) is 0 Å². The molecule has 1 heterocycles. The van der Waals surface area contributed by atoms with Crippen LogP contribution >= 0.6 is 11.6 Å². The number of benzene rings is 2. The van der Waals surface area contributed by atoms with E-state index in [1.54, 1.807) is 24.3 Å². The molecule has 1 atom stereocenters. The van der Waals surface area contributed by atoms with Crippen molar-refractivity contribution in [2.75, 3.05) is 43.4 Å². The summed E-state index contributed by atoms with van der Waals surface area (Å²) < 4.78 is 0. The van der Waals surface area contributed by atoms with Crippen LogP contribution in [0, 0.1) is 13.8 Å². The molecule has 0 aromatic heterocycles. The molecule has 1 aliphatic heterocycles. The van der Waals surface area contributed by atoms with Gasteiger partial charge in [0.25, 0.3) is 11.8 Å². The second-order valence-corrected chi connectivity index (χ2v) is 8.53. The van der Waals surface area contributed by atoms with Gasteiger partial charge in [0.15, 0.2) is 12.6 Å². The predicted octanol–water partition coefficient (Wildman–Crippen LogP) is 0.706. The highest BCUT2D eigenvalue weighted by Gasteiger charge is 2.31. The summed E-state index contributed by atoms with van der Waals surface area (Å²) in [6.45, 7) is 9.94. The Morgan fingerprint density at radius 3 is 2.33 bits per heavy atom. The zero-order valence-electron chi connectivity index (χ0n) is 17.8. The van der Waals surface area contributed by atoms with Crippen molar-refractivity contribution in [2.24, 2.45) is 0 Å². The number of halogens is 1. The zero-order chi connectivity index (χ0) is 21.7. The topological polar surface area (TPSA) is 67.1 Å². The molecule has 0 saturated carbocycles. The lowest BCUT2D eigenvalue weighted by Crippen LogP contribution is -3.30. The minimum Gasteiger partial charge on any atom is -0.321 e. The van der Waals surface area contributed by atoms with Crippen LogP contribution in [0.25, 0.3) is 0 Å². The smallest absolute Gasteiger partial charge is 0.282 e. The molecule has 4 N–H and O–H groups in total. The van der Waals surface area contributed by atoms with E-state index in [0.717, 1.165) is 43.1 Å². The van der Waals surface area contributed by atoms with Crippen molar-refractivity contribution in [1.29, 1.82) is 0 Å². The summed E-state index contributed by atoms with van der Waals surface area (Å²) in [4.78, 5) is 27.6. The van der Waals surface area contributed by atoms with Crippen molar-refractivity contribution < 1.29 is 19.4 Å². The molecule has 2 amide bonds. The third-order valence-electron chi connectivity index (χ3n) is 6.01. The normalized spacial score (nSPS) is 19.7. The lowest BCUT2D eigenvalue weighted by atomic mass is 10.1. The lowest BCUT2D eigenvalue weighted by molar-refractivity contribution is -1.01. The third kappa shape index (κ3) is 5.81. The highest BCUT2D eigenvalue weighted by molar-refractivity contribution is 6.30. The molecule has 6 nitrogen and oxygen atoms in total. The molecule has 0 bridgehead atoms. The fourth-order valence-electron chi connectivity index (χ4n) is 3.81. The van der Waals surface area contributed by atoms with Gasteiger partial charge in [0.2, 0.25) is 0 Å². The van der Waals surface area contributed by atoms with Gasteiger partial charge in [-0.1, -0.05) is 23.7 Å². The minimum absolute atomic E-state index is 0.00318. The summed E-state index contributed by atoms with van der Waals surface area (Å²) in [6.07, 6.45) is 0. The van der Waals surface area contributed by atoms with E-state index in [4.69, 9.17) is 11.6 Å². The number of amides is 2. The van der Waals surface area contributed by atoms with Crippen LogP contribution in [0.3, 0.4) is 0 Å². The highest BCUT2D eigenvalue weighted by atomic mass is 35.5. The van der Waals surface area contributed by atoms with E-state index < -0.39 is 0 Å². The Hall–Kier alpha value is -2.41. The van der Waals surface area contributed by atoms with E-state index in [2.05, 4.69) is 10.6 Å². The van der Waals surface area contributed by atoms with Crippen molar-refractivity contribution in [2.45, 2.75) is 26.8 Å². The first-order valence-electron chi connectivity index (χ1n) is 10.4. The van der Waals surface area contributed by atoms with Gasteiger partial charge in [-0.3, -0.25) is 9.59 Å². The number of carbonyl (C=O) groups excluding carboxylic acids is 2. The highest BCUT2D eigenvalue weighted by Crippen LogP contribution is 2.17. The second-order valence-electron chi connectivity index (χ2n) is 8.10. The first-order valence-corrected chi connectivity index (χ1v) is 10.8. The summed E-state index contributed by atoms with van der Waals surface area (Å²) in [6, 6.07) is 12.9. The third-order valence-corrected chi connectivity index (χ3v) is 6.26. The maximum atomic E-state index is 12.6. The van der Waals surface area contributed by atoms with Crippen LogP contribution in [0.4, 0.5) is 11.4 Å². The Morgan fingerprint density at radius 2 is 1.67 bits per heavy atom. The molecule has 7 heteroatoms. The van der Waals surface area contributed by atoms with Crippen LogP contribution < -0.4 is 20.4 Å². The van der Waals surface area contributed by atoms with Crippen molar-refractivity contribution in [3.8, 4) is 0 Å². The number of quaternary nitrogens is 2. The Morgan fingerprint density at radius 1 is 1.00 bits per heavy atom. The first kappa shape index (κ1) is 22.3. The van der Waals surface area contributed by atoms with Gasteiger partial charge in [0, 0.05) is 16.4 Å². The summed E-state index contributed by atoms with van der Waals surface area (Å²) in [5.41, 5.74) is 3.91. The molecule has 0 unspecified atom stereocenters. The maximum absolute atomic E-state index is 12.6. The number of anilines is 2. The van der Waals surface area contributed by atoms with Crippen LogP contribution in [-0.4, -0.2) is 50.6 Å². The van der Waals surface area contributed by atoms with Crippen molar-refractivity contribution >= 4 is 34.8 Å². The average molecular weight is 431 g/mol. The Balaban J connectivity index is 1.45. The number of hydrogen-bond acceptors (Lipinski definition) is 2. The van der Waals surface area contributed by atoms with Crippen molar-refractivity contribution in [3.63, 3.8) is 0 Å². The molecule has 160 valence electrons. The summed E-state index contributed by atoms with van der Waals surface area (Å²) >= 11 is 5.89. The van der Waals surface area contributed by atoms with Gasteiger partial charge in [0.05, 0.1) is 0 Å². The van der Waals surface area contributed by atoms with Crippen LogP contribution in [0.1, 0.15) is 18.1 Å². The fraction of sp³-hybridized carbons (Fsp3) is 0.391. The van der Waals surface area contributed by atoms with Gasteiger partial charge < -0.3 is 20.4 Å². The van der Waals surface area contributed by atoms with E-state index in [-0.39, 0.29) is 17.9 Å². The van der Waals surface area contributed by atoms with E-state index in [1.165, 1.54) is 15.4 Å². The van der Waals surface area contributed by atoms with Gasteiger partial charge in [-0.25, -0.2) is 0 Å². The average Bonchev–Trinajstić information content (AvgIpc) is 2.73. The molecule has 0 radical (unpaired) electrons. The number of rotatable bonds is 6. The van der Waals surface area contributed by atoms with Crippen molar-refractivity contribution in [3.05, 3.63) is 58.6 Å². The van der Waals surface area contributed by atoms with Crippen LogP contribution in [0.2, 0.25) is 5.02 Å². The summed E-state index contributed by atoms with van der Waals surface area (Å²) in [7, 11) is 0. The summed E-state index contributed by atoms with van der Waals surface area (Å²) in [5.74, 6) is 0.0409. The zero-order valence-corrected chi connectivity index (χ0v) is 18.6. The number of hydrogen-bond donors (Lipinski definition) is 4. The molecule has 1 aliphatic rings. The monoisotopic (exact) mass is 430 g/mol.